The topological polar surface area (TPSA) is 30.2 Å². The molecule has 0 unspecified atom stereocenters. The Balaban J connectivity index is 2.48. The van der Waals surface area contributed by atoms with E-state index in [1.165, 1.54) is 10.8 Å². The van der Waals surface area contributed by atoms with Gasteiger partial charge in [-0.3, -0.25) is 4.98 Å². The lowest BCUT2D eigenvalue weighted by Crippen LogP contribution is -1.93. The first-order chi connectivity index (χ1) is 8.45. The second-order valence-corrected chi connectivity index (χ2v) is 4.04. The van der Waals surface area contributed by atoms with Crippen LogP contribution >= 0.6 is 0 Å². The molecule has 0 bridgehead atoms. The molecule has 4 rings (SSSR count). The Morgan fingerprint density at radius 3 is 2.59 bits per heavy atom. The maximum atomic E-state index is 4.48. The van der Waals surface area contributed by atoms with E-state index in [0.29, 0.717) is 0 Å². The molecule has 4 aromatic rings. The zero-order valence-electron chi connectivity index (χ0n) is 9.04. The highest BCUT2D eigenvalue weighted by atomic mass is 15.2. The zero-order valence-corrected chi connectivity index (χ0v) is 9.04. The van der Waals surface area contributed by atoms with Crippen LogP contribution < -0.4 is 0 Å². The Morgan fingerprint density at radius 1 is 0.765 bits per heavy atom. The molecule has 0 atom stereocenters. The van der Waals surface area contributed by atoms with Crippen molar-refractivity contribution in [1.29, 1.82) is 0 Å². The summed E-state index contributed by atoms with van der Waals surface area (Å²) < 4.78 is 1.95. The van der Waals surface area contributed by atoms with Gasteiger partial charge in [-0.15, -0.1) is 0 Å². The van der Waals surface area contributed by atoms with Crippen molar-refractivity contribution < 1.29 is 0 Å². The smallest absolute Gasteiger partial charge is 0.0966 e. The molecule has 3 nitrogen and oxygen atoms in total. The van der Waals surface area contributed by atoms with E-state index in [9.17, 15) is 0 Å². The van der Waals surface area contributed by atoms with Gasteiger partial charge < -0.3 is 0 Å². The fourth-order valence-electron chi connectivity index (χ4n) is 2.39. The lowest BCUT2D eigenvalue weighted by Gasteiger charge is -2.06. The number of pyridine rings is 2. The highest BCUT2D eigenvalue weighted by molar-refractivity contribution is 6.10. The molecule has 80 valence electrons. The fourth-order valence-corrected chi connectivity index (χ4v) is 2.39. The van der Waals surface area contributed by atoms with E-state index >= 15 is 0 Å². The maximum Gasteiger partial charge on any atom is 0.0966 e. The van der Waals surface area contributed by atoms with Crippen molar-refractivity contribution in [1.82, 2.24) is 14.6 Å². The van der Waals surface area contributed by atoms with Gasteiger partial charge in [0.15, 0.2) is 0 Å². The van der Waals surface area contributed by atoms with Crippen molar-refractivity contribution in [2.24, 2.45) is 0 Å². The number of rotatable bonds is 0. The molecule has 0 aliphatic carbocycles. The predicted molar refractivity (Wildman–Crippen MR) is 68.0 cm³/mol. The van der Waals surface area contributed by atoms with E-state index in [1.807, 2.05) is 41.2 Å². The summed E-state index contributed by atoms with van der Waals surface area (Å²) in [5, 5.41) is 6.74. The third-order valence-corrected chi connectivity index (χ3v) is 3.12. The number of nitrogens with zero attached hydrogens (tertiary/aromatic N) is 3. The average molecular weight is 219 g/mol. The highest BCUT2D eigenvalue weighted by Gasteiger charge is 2.08. The van der Waals surface area contributed by atoms with Crippen molar-refractivity contribution >= 4 is 27.3 Å². The van der Waals surface area contributed by atoms with Crippen molar-refractivity contribution in [2.45, 2.75) is 0 Å². The van der Waals surface area contributed by atoms with Gasteiger partial charge in [-0.05, 0) is 18.2 Å². The second kappa shape index (κ2) is 3.04. The predicted octanol–water partition coefficient (Wildman–Crippen LogP) is 3.04. The molecule has 3 heterocycles. The molecule has 1 aromatic carbocycles. The quantitative estimate of drug-likeness (QED) is 0.425. The summed E-state index contributed by atoms with van der Waals surface area (Å²) in [6.45, 7) is 0. The summed E-state index contributed by atoms with van der Waals surface area (Å²) in [5.74, 6) is 0. The molecule has 0 amide bonds. The van der Waals surface area contributed by atoms with Gasteiger partial charge in [0, 0.05) is 17.0 Å². The molecule has 0 aliphatic rings. The third kappa shape index (κ3) is 1.05. The molecule has 3 aromatic heterocycles. The summed E-state index contributed by atoms with van der Waals surface area (Å²) in [5.41, 5.74) is 3.17. The van der Waals surface area contributed by atoms with Gasteiger partial charge >= 0.3 is 0 Å². The Kier molecular flexibility index (Phi) is 1.56. The Labute approximate surface area is 97.3 Å². The van der Waals surface area contributed by atoms with E-state index in [-0.39, 0.29) is 0 Å². The van der Waals surface area contributed by atoms with Gasteiger partial charge in [-0.2, -0.15) is 5.10 Å². The van der Waals surface area contributed by atoms with Gasteiger partial charge in [0.1, 0.15) is 0 Å². The van der Waals surface area contributed by atoms with Gasteiger partial charge in [-0.1, -0.05) is 24.3 Å². The Bertz CT molecular complexity index is 776. The van der Waals surface area contributed by atoms with Crippen LogP contribution in [0.25, 0.3) is 27.3 Å². The number of benzene rings is 1. The summed E-state index contributed by atoms with van der Waals surface area (Å²) in [4.78, 5) is 4.48. The van der Waals surface area contributed by atoms with Crippen LogP contribution in [0.3, 0.4) is 0 Å². The molecular weight excluding hydrogens is 210 g/mol. The average Bonchev–Trinajstić information content (AvgIpc) is 2.89. The minimum atomic E-state index is 0.999. The van der Waals surface area contributed by atoms with E-state index < -0.39 is 0 Å². The Hall–Kier alpha value is -2.42. The molecule has 0 saturated carbocycles. The molecule has 0 radical (unpaired) electrons. The normalized spacial score (nSPS) is 11.5. The van der Waals surface area contributed by atoms with E-state index in [1.54, 1.807) is 0 Å². The molecule has 3 heteroatoms. The number of hydrogen-bond donors (Lipinski definition) is 0. The SMILES string of the molecule is c1ccc2c(c1)c1ncccc1n1nccc21. The van der Waals surface area contributed by atoms with Crippen molar-refractivity contribution in [2.75, 3.05) is 0 Å². The van der Waals surface area contributed by atoms with Gasteiger partial charge in [-0.25, -0.2) is 4.52 Å². The van der Waals surface area contributed by atoms with Gasteiger partial charge in [0.25, 0.3) is 0 Å². The second-order valence-electron chi connectivity index (χ2n) is 4.04. The molecular formula is C14H9N3. The first-order valence-electron chi connectivity index (χ1n) is 5.54. The number of hydrogen-bond acceptors (Lipinski definition) is 2. The first kappa shape index (κ1) is 8.70. The van der Waals surface area contributed by atoms with Crippen molar-refractivity contribution in [3.05, 3.63) is 54.9 Å². The molecule has 0 spiro atoms. The van der Waals surface area contributed by atoms with Crippen LogP contribution in [0.1, 0.15) is 0 Å². The largest absolute Gasteiger partial charge is 0.254 e. The first-order valence-corrected chi connectivity index (χ1v) is 5.54. The number of fused-ring (bicyclic) bond motifs is 6. The summed E-state index contributed by atoms with van der Waals surface area (Å²) >= 11 is 0. The molecule has 17 heavy (non-hydrogen) atoms. The van der Waals surface area contributed by atoms with Crippen LogP contribution in [-0.2, 0) is 0 Å². The van der Waals surface area contributed by atoms with Crippen LogP contribution in [-0.4, -0.2) is 14.6 Å². The van der Waals surface area contributed by atoms with Gasteiger partial charge in [0.2, 0.25) is 0 Å². The molecule has 0 aliphatic heterocycles. The van der Waals surface area contributed by atoms with Crippen LogP contribution in [0.2, 0.25) is 0 Å². The lowest BCUT2D eigenvalue weighted by molar-refractivity contribution is 1.01. The zero-order chi connectivity index (χ0) is 11.2. The number of aromatic nitrogens is 3. The summed E-state index contributed by atoms with van der Waals surface area (Å²) in [6, 6.07) is 14.3. The lowest BCUT2D eigenvalue weighted by atomic mass is 10.1. The Morgan fingerprint density at radius 2 is 1.65 bits per heavy atom. The van der Waals surface area contributed by atoms with Crippen molar-refractivity contribution in [3.8, 4) is 0 Å². The van der Waals surface area contributed by atoms with Crippen molar-refractivity contribution in [3.63, 3.8) is 0 Å². The van der Waals surface area contributed by atoms with Crippen LogP contribution in [0, 0.1) is 0 Å². The summed E-state index contributed by atoms with van der Waals surface area (Å²) in [7, 11) is 0. The van der Waals surface area contributed by atoms with E-state index in [4.69, 9.17) is 0 Å². The highest BCUT2D eigenvalue weighted by Crippen LogP contribution is 2.27. The minimum absolute atomic E-state index is 0.999. The third-order valence-electron chi connectivity index (χ3n) is 3.12. The van der Waals surface area contributed by atoms with Crippen LogP contribution in [0.5, 0.6) is 0 Å². The van der Waals surface area contributed by atoms with E-state index in [2.05, 4.69) is 28.3 Å². The molecule has 0 saturated heterocycles. The summed E-state index contributed by atoms with van der Waals surface area (Å²) in [6.07, 6.45) is 3.65. The van der Waals surface area contributed by atoms with Crippen LogP contribution in [0.15, 0.2) is 54.9 Å². The van der Waals surface area contributed by atoms with Crippen LogP contribution in [0.4, 0.5) is 0 Å². The van der Waals surface area contributed by atoms with Gasteiger partial charge in [0.05, 0.1) is 22.7 Å². The fraction of sp³-hybridized carbons (Fsp3) is 0. The molecule has 0 N–H and O–H groups in total. The maximum absolute atomic E-state index is 4.48. The molecule has 0 fully saturated rings. The van der Waals surface area contributed by atoms with E-state index in [0.717, 1.165) is 16.6 Å². The monoisotopic (exact) mass is 219 g/mol. The minimum Gasteiger partial charge on any atom is -0.254 e. The standard InChI is InChI=1S/C14H9N3/c1-2-5-11-10(4-1)12-7-9-16-17(12)13-6-3-8-15-14(11)13/h1-9H.